The van der Waals surface area contributed by atoms with Crippen LogP contribution in [0, 0.1) is 0 Å². The highest BCUT2D eigenvalue weighted by molar-refractivity contribution is 6.34. The molecule has 9 aromatic carbocycles. The Morgan fingerprint density at radius 1 is 0.420 bits per heavy atom. The Labute approximate surface area is 482 Å². The van der Waals surface area contributed by atoms with Gasteiger partial charge in [0.05, 0.1) is 0 Å². The van der Waals surface area contributed by atoms with Gasteiger partial charge in [0.1, 0.15) is 0 Å². The topological polar surface area (TPSA) is 38.0 Å². The molecule has 9 aromatic rings. The van der Waals surface area contributed by atoms with E-state index in [1.807, 2.05) is 49.6 Å². The zero-order chi connectivity index (χ0) is 57.7. The van der Waals surface area contributed by atoms with E-state index in [4.69, 9.17) is 5.73 Å². The predicted octanol–water partition coefficient (Wildman–Crippen LogP) is 22.4. The summed E-state index contributed by atoms with van der Waals surface area (Å²) in [5.74, 6) is 0. The van der Waals surface area contributed by atoms with Crippen molar-refractivity contribution < 1.29 is 0 Å². The minimum atomic E-state index is -0.0626. The van der Waals surface area contributed by atoms with Crippen LogP contribution >= 0.6 is 0 Å². The monoisotopic (exact) mass is 1050 g/mol. The first-order chi connectivity index (χ1) is 38.5. The fraction of sp³-hybridized carbons (Fsp3) is 0.215. The molecule has 0 heterocycles. The maximum absolute atomic E-state index is 7.18. The molecular weight excluding hydrogens is 977 g/mol. The Morgan fingerprint density at radius 3 is 1.23 bits per heavy atom. The largest absolute Gasteiger partial charge is 0.398 e. The molecule has 11 rings (SSSR count). The molecular formula is C79H78N2. The maximum Gasteiger partial charge on any atom is 0.0459 e. The van der Waals surface area contributed by atoms with Crippen LogP contribution in [0.15, 0.2) is 190 Å². The molecule has 0 saturated carbocycles. The van der Waals surface area contributed by atoms with Crippen LogP contribution in [-0.4, -0.2) is 0 Å². The molecule has 0 amide bonds. The van der Waals surface area contributed by atoms with Crippen LogP contribution in [0.25, 0.3) is 128 Å². The van der Waals surface area contributed by atoms with Crippen molar-refractivity contribution in [2.24, 2.45) is 5.73 Å². The van der Waals surface area contributed by atoms with Crippen LogP contribution < -0.4 is 11.1 Å². The molecule has 81 heavy (non-hydrogen) atoms. The van der Waals surface area contributed by atoms with Gasteiger partial charge in [-0.25, -0.2) is 0 Å². The Bertz CT molecular complexity index is 4050. The molecule has 0 spiro atoms. The number of fused-ring (bicyclic) bond motifs is 7. The molecule has 0 unspecified atom stereocenters. The smallest absolute Gasteiger partial charge is 0.0459 e. The van der Waals surface area contributed by atoms with E-state index in [1.54, 1.807) is 6.08 Å². The second kappa shape index (κ2) is 20.0. The van der Waals surface area contributed by atoms with Gasteiger partial charge in [-0.1, -0.05) is 248 Å². The zero-order valence-electron chi connectivity index (χ0n) is 50.0. The van der Waals surface area contributed by atoms with E-state index in [-0.39, 0.29) is 21.7 Å². The van der Waals surface area contributed by atoms with Crippen molar-refractivity contribution in [2.45, 2.75) is 112 Å². The summed E-state index contributed by atoms with van der Waals surface area (Å²) in [4.78, 5) is 0. The number of nitrogens with one attached hydrogen (secondary N) is 1. The molecule has 2 aliphatic rings. The van der Waals surface area contributed by atoms with Crippen molar-refractivity contribution in [3.8, 4) is 89.0 Å². The van der Waals surface area contributed by atoms with E-state index in [0.717, 1.165) is 55.4 Å². The average Bonchev–Trinajstić information content (AvgIpc) is 3.08. The van der Waals surface area contributed by atoms with Crippen LogP contribution in [-0.2, 0) is 21.7 Å². The molecule has 0 radical (unpaired) electrons. The maximum atomic E-state index is 7.18. The number of benzene rings is 9. The van der Waals surface area contributed by atoms with E-state index < -0.39 is 0 Å². The summed E-state index contributed by atoms with van der Waals surface area (Å²) in [6.07, 6.45) is 15.7. The lowest BCUT2D eigenvalue weighted by Gasteiger charge is -2.28. The molecule has 0 aromatic heterocycles. The van der Waals surface area contributed by atoms with Crippen molar-refractivity contribution in [2.75, 3.05) is 5.32 Å². The van der Waals surface area contributed by atoms with Crippen molar-refractivity contribution >= 4 is 45.1 Å². The Balaban J connectivity index is 1.33. The standard InChI is InChI=1S/C79H78N2/c1-17-21-30-66(80)57-27-23-24-28-58(57)70-64-43-47(19-3)48(20-4)44-65(64)71(59-29-25-26-31-67(59)81-38-22-18-2)75-63-37-35-61-69-56(50-41-53(78(11,12)13)46-54(42-50)79(14,15)16)33-32-55(68(69)60-34-36-62(74(70)75)73(63)72(60)61)49-39-51(76(5,6)7)45-52(40-49)77(8,9)10/h17-46,81H,2-4,80H2,1,5-16H3/b21-17-,38-22-,66-30-. The highest BCUT2D eigenvalue weighted by Gasteiger charge is 2.38. The molecule has 0 aliphatic heterocycles. The van der Waals surface area contributed by atoms with E-state index in [1.165, 1.54) is 99.8 Å². The Hall–Kier alpha value is -8.46. The summed E-state index contributed by atoms with van der Waals surface area (Å²) in [5.41, 5.74) is 36.4. The third-order valence-electron chi connectivity index (χ3n) is 17.0. The normalized spacial score (nSPS) is 13.2. The number of anilines is 1. The summed E-state index contributed by atoms with van der Waals surface area (Å²) < 4.78 is 0. The Kier molecular flexibility index (Phi) is 13.4. The number of hydrogen-bond donors (Lipinski definition) is 2. The van der Waals surface area contributed by atoms with Gasteiger partial charge < -0.3 is 11.1 Å². The zero-order valence-corrected chi connectivity index (χ0v) is 50.0. The second-order valence-electron chi connectivity index (χ2n) is 26.5. The van der Waals surface area contributed by atoms with Crippen molar-refractivity contribution in [3.63, 3.8) is 0 Å². The first-order valence-corrected chi connectivity index (χ1v) is 28.8. The number of allylic oxidation sites excluding steroid dienone is 5. The fourth-order valence-corrected chi connectivity index (χ4v) is 12.6. The third kappa shape index (κ3) is 9.24. The summed E-state index contributed by atoms with van der Waals surface area (Å²) in [6, 6.07) is 51.5. The molecule has 0 bridgehead atoms. The summed E-state index contributed by atoms with van der Waals surface area (Å²) >= 11 is 0. The quantitative estimate of drug-likeness (QED) is 0.127. The van der Waals surface area contributed by atoms with Crippen LogP contribution in [0.5, 0.6) is 0 Å². The molecule has 0 fully saturated rings. The Morgan fingerprint density at radius 2 is 0.815 bits per heavy atom. The minimum absolute atomic E-state index is 0.0626. The summed E-state index contributed by atoms with van der Waals surface area (Å²) in [5, 5.41) is 8.46. The van der Waals surface area contributed by atoms with Crippen molar-refractivity contribution in [1.29, 1.82) is 0 Å². The SMILES string of the molecule is C=C/C=C\Nc1ccccc1-c1c2c(c(-c3ccccc3/C(N)=C/C=C\C)c3cc(C=C)c(C=C)cc13)-c1ccc3c4c(ccc-2c14)-c1c(-c2cc(C(C)(C)C)cc(C(C)(C)C)c2)ccc(-c2cc(C(C)(C)C)cc(C(C)(C)C)c2)c1-3. The van der Waals surface area contributed by atoms with Gasteiger partial charge in [0.2, 0.25) is 0 Å². The third-order valence-corrected chi connectivity index (χ3v) is 17.0. The molecule has 0 atom stereocenters. The molecule has 2 aliphatic carbocycles. The highest BCUT2D eigenvalue weighted by atomic mass is 14.8. The number of nitrogens with two attached hydrogens (primary N) is 1. The van der Waals surface area contributed by atoms with E-state index >= 15 is 0 Å². The van der Waals surface area contributed by atoms with Crippen molar-refractivity contribution in [1.82, 2.24) is 0 Å². The number of hydrogen-bond acceptors (Lipinski definition) is 2. The second-order valence-corrected chi connectivity index (χ2v) is 26.5. The summed E-state index contributed by atoms with van der Waals surface area (Å²) in [7, 11) is 0. The van der Waals surface area contributed by atoms with Gasteiger partial charge >= 0.3 is 0 Å². The van der Waals surface area contributed by atoms with E-state index in [0.29, 0.717) is 5.70 Å². The first kappa shape index (κ1) is 54.5. The van der Waals surface area contributed by atoms with Crippen molar-refractivity contribution in [3.05, 3.63) is 229 Å². The lowest BCUT2D eigenvalue weighted by atomic mass is 9.77. The highest BCUT2D eigenvalue weighted by Crippen LogP contribution is 2.64. The fourth-order valence-electron chi connectivity index (χ4n) is 12.6. The van der Waals surface area contributed by atoms with Gasteiger partial charge in [-0.05, 0) is 192 Å². The lowest BCUT2D eigenvalue weighted by Crippen LogP contribution is -2.16. The first-order valence-electron chi connectivity index (χ1n) is 28.8. The number of para-hydroxylation sites is 1. The van der Waals surface area contributed by atoms with Gasteiger partial charge in [0.25, 0.3) is 0 Å². The lowest BCUT2D eigenvalue weighted by molar-refractivity contribution is 0.568. The van der Waals surface area contributed by atoms with Gasteiger partial charge in [0, 0.05) is 34.3 Å². The average molecular weight is 1060 g/mol. The molecule has 0 saturated heterocycles. The van der Waals surface area contributed by atoms with E-state index in [2.05, 4.69) is 242 Å². The van der Waals surface area contributed by atoms with Gasteiger partial charge in [-0.3, -0.25) is 0 Å². The van der Waals surface area contributed by atoms with Gasteiger partial charge in [0.15, 0.2) is 0 Å². The molecule has 2 heteroatoms. The van der Waals surface area contributed by atoms with Gasteiger partial charge in [-0.2, -0.15) is 0 Å². The number of rotatable bonds is 11. The summed E-state index contributed by atoms with van der Waals surface area (Å²) in [6.45, 7) is 42.8. The van der Waals surface area contributed by atoms with Gasteiger partial charge in [-0.15, -0.1) is 0 Å². The van der Waals surface area contributed by atoms with E-state index in [9.17, 15) is 0 Å². The molecule has 404 valence electrons. The molecule has 2 nitrogen and oxygen atoms in total. The van der Waals surface area contributed by atoms with Crippen LogP contribution in [0.4, 0.5) is 5.69 Å². The molecule has 3 N–H and O–H groups in total. The van der Waals surface area contributed by atoms with Crippen LogP contribution in [0.2, 0.25) is 0 Å². The predicted molar refractivity (Wildman–Crippen MR) is 357 cm³/mol. The van der Waals surface area contributed by atoms with Crippen LogP contribution in [0.3, 0.4) is 0 Å². The minimum Gasteiger partial charge on any atom is -0.398 e. The van der Waals surface area contributed by atoms with Crippen LogP contribution in [0.1, 0.15) is 129 Å².